The monoisotopic (exact) mass is 279 g/mol. The molecule has 0 heterocycles. The molecule has 1 saturated carbocycles. The molecule has 110 valence electrons. The molecule has 0 radical (unpaired) electrons. The minimum absolute atomic E-state index is 0.563. The molecule has 0 aromatic heterocycles. The van der Waals surface area contributed by atoms with Gasteiger partial charge in [-0.1, -0.05) is 54.1 Å². The van der Waals surface area contributed by atoms with E-state index in [0.29, 0.717) is 5.92 Å². The van der Waals surface area contributed by atoms with Crippen molar-refractivity contribution in [1.82, 2.24) is 5.32 Å². The Balaban J connectivity index is 1.77. The zero-order chi connectivity index (χ0) is 14.7. The molecule has 0 saturated heterocycles. The molecule has 0 bridgehead atoms. The Morgan fingerprint density at radius 1 is 1.05 bits per heavy atom. The lowest BCUT2D eigenvalue weighted by molar-refractivity contribution is 0.576. The molecule has 1 aliphatic rings. The van der Waals surface area contributed by atoms with Crippen LogP contribution in [0.5, 0.6) is 0 Å². The van der Waals surface area contributed by atoms with E-state index in [0.717, 1.165) is 19.0 Å². The first-order valence-corrected chi connectivity index (χ1v) is 8.07. The molecule has 1 unspecified atom stereocenters. The highest BCUT2D eigenvalue weighted by Crippen LogP contribution is 2.25. The number of rotatable bonds is 6. The molecule has 3 rings (SSSR count). The zero-order valence-electron chi connectivity index (χ0n) is 13.1. The molecule has 2 aromatic rings. The van der Waals surface area contributed by atoms with Crippen LogP contribution in [0.15, 0.2) is 48.5 Å². The number of aryl methyl sites for hydroxylation is 2. The van der Waals surface area contributed by atoms with Crippen molar-refractivity contribution in [2.45, 2.75) is 45.1 Å². The van der Waals surface area contributed by atoms with Crippen LogP contribution in [0.1, 0.15) is 41.0 Å². The third-order valence-corrected chi connectivity index (χ3v) is 4.47. The predicted molar refractivity (Wildman–Crippen MR) is 89.8 cm³/mol. The van der Waals surface area contributed by atoms with E-state index in [4.69, 9.17) is 0 Å². The molecule has 21 heavy (non-hydrogen) atoms. The van der Waals surface area contributed by atoms with E-state index in [1.807, 2.05) is 0 Å². The lowest BCUT2D eigenvalue weighted by Gasteiger charge is -2.19. The normalized spacial score (nSPS) is 15.9. The zero-order valence-corrected chi connectivity index (χ0v) is 13.1. The highest BCUT2D eigenvalue weighted by Gasteiger charge is 2.22. The van der Waals surface area contributed by atoms with Crippen molar-refractivity contribution in [2.24, 2.45) is 0 Å². The lowest BCUT2D eigenvalue weighted by Crippen LogP contribution is -2.25. The second kappa shape index (κ2) is 6.44. The van der Waals surface area contributed by atoms with Crippen LogP contribution in [0.2, 0.25) is 0 Å². The van der Waals surface area contributed by atoms with Crippen molar-refractivity contribution in [3.8, 4) is 0 Å². The smallest absolute Gasteiger partial charge is 0.00684 e. The Hall–Kier alpha value is -1.60. The Morgan fingerprint density at radius 2 is 1.81 bits per heavy atom. The fraction of sp³-hybridized carbons (Fsp3) is 0.400. The molecule has 2 aromatic carbocycles. The molecule has 1 N–H and O–H groups in total. The maximum absolute atomic E-state index is 3.71. The number of benzene rings is 2. The van der Waals surface area contributed by atoms with Crippen LogP contribution < -0.4 is 5.32 Å². The van der Waals surface area contributed by atoms with E-state index in [1.165, 1.54) is 35.1 Å². The molecule has 0 aliphatic heterocycles. The van der Waals surface area contributed by atoms with E-state index >= 15 is 0 Å². The lowest BCUT2D eigenvalue weighted by atomic mass is 9.89. The number of hydrogen-bond donors (Lipinski definition) is 1. The summed E-state index contributed by atoms with van der Waals surface area (Å²) < 4.78 is 0. The van der Waals surface area contributed by atoms with Gasteiger partial charge in [-0.2, -0.15) is 0 Å². The van der Waals surface area contributed by atoms with Gasteiger partial charge in [0.2, 0.25) is 0 Å². The van der Waals surface area contributed by atoms with Crippen molar-refractivity contribution >= 4 is 0 Å². The van der Waals surface area contributed by atoms with Gasteiger partial charge >= 0.3 is 0 Å². The minimum Gasteiger partial charge on any atom is -0.313 e. The van der Waals surface area contributed by atoms with Gasteiger partial charge in [0.05, 0.1) is 0 Å². The summed E-state index contributed by atoms with van der Waals surface area (Å²) in [6, 6.07) is 18.6. The Bertz CT molecular complexity index is 584. The van der Waals surface area contributed by atoms with Gasteiger partial charge in [-0.05, 0) is 49.8 Å². The van der Waals surface area contributed by atoms with E-state index in [2.05, 4.69) is 67.7 Å². The summed E-state index contributed by atoms with van der Waals surface area (Å²) in [5.74, 6) is 0.563. The van der Waals surface area contributed by atoms with Crippen molar-refractivity contribution in [3.63, 3.8) is 0 Å². The standard InChI is InChI=1S/C20H25N/c1-15-8-9-18(16(2)12-15)13-19(14-21-20-10-11-20)17-6-4-3-5-7-17/h3-9,12,19-21H,10-11,13-14H2,1-2H3. The van der Waals surface area contributed by atoms with Gasteiger partial charge in [-0.15, -0.1) is 0 Å². The second-order valence-corrected chi connectivity index (χ2v) is 6.42. The SMILES string of the molecule is Cc1ccc(CC(CNC2CC2)c2ccccc2)c(C)c1. The molecular formula is C20H25N. The van der Waals surface area contributed by atoms with Crippen LogP contribution in [0.25, 0.3) is 0 Å². The third kappa shape index (κ3) is 3.95. The van der Waals surface area contributed by atoms with Gasteiger partial charge in [-0.3, -0.25) is 0 Å². The van der Waals surface area contributed by atoms with Crippen molar-refractivity contribution in [2.75, 3.05) is 6.54 Å². The van der Waals surface area contributed by atoms with Crippen LogP contribution in [-0.2, 0) is 6.42 Å². The maximum atomic E-state index is 3.71. The van der Waals surface area contributed by atoms with Gasteiger partial charge in [0, 0.05) is 18.5 Å². The first kappa shape index (κ1) is 14.3. The summed E-state index contributed by atoms with van der Waals surface area (Å²) in [7, 11) is 0. The topological polar surface area (TPSA) is 12.0 Å². The molecule has 1 fully saturated rings. The predicted octanol–water partition coefficient (Wildman–Crippen LogP) is 4.38. The molecule has 0 spiro atoms. The first-order chi connectivity index (χ1) is 10.2. The maximum Gasteiger partial charge on any atom is 0.00684 e. The van der Waals surface area contributed by atoms with E-state index in [9.17, 15) is 0 Å². The molecule has 1 heteroatoms. The van der Waals surface area contributed by atoms with E-state index < -0.39 is 0 Å². The average Bonchev–Trinajstić information content (AvgIpc) is 3.31. The summed E-state index contributed by atoms with van der Waals surface area (Å²) in [6.45, 7) is 5.49. The van der Waals surface area contributed by atoms with E-state index in [-0.39, 0.29) is 0 Å². The second-order valence-electron chi connectivity index (χ2n) is 6.42. The van der Waals surface area contributed by atoms with Crippen LogP contribution in [0.3, 0.4) is 0 Å². The third-order valence-electron chi connectivity index (χ3n) is 4.47. The van der Waals surface area contributed by atoms with Crippen molar-refractivity contribution in [3.05, 3.63) is 70.8 Å². The first-order valence-electron chi connectivity index (χ1n) is 8.07. The van der Waals surface area contributed by atoms with E-state index in [1.54, 1.807) is 0 Å². The largest absolute Gasteiger partial charge is 0.313 e. The minimum atomic E-state index is 0.563. The van der Waals surface area contributed by atoms with Gasteiger partial charge in [0.15, 0.2) is 0 Å². The summed E-state index contributed by atoms with van der Waals surface area (Å²) in [5.41, 5.74) is 5.70. The number of nitrogens with one attached hydrogen (secondary N) is 1. The summed E-state index contributed by atoms with van der Waals surface area (Å²) in [4.78, 5) is 0. The molecule has 1 aliphatic carbocycles. The highest BCUT2D eigenvalue weighted by molar-refractivity contribution is 5.33. The molecular weight excluding hydrogens is 254 g/mol. The molecule has 1 nitrogen and oxygen atoms in total. The van der Waals surface area contributed by atoms with Gasteiger partial charge < -0.3 is 5.32 Å². The number of hydrogen-bond acceptors (Lipinski definition) is 1. The Labute approximate surface area is 128 Å². The van der Waals surface area contributed by atoms with Crippen LogP contribution >= 0.6 is 0 Å². The molecule has 0 amide bonds. The summed E-state index contributed by atoms with van der Waals surface area (Å²) >= 11 is 0. The van der Waals surface area contributed by atoms with Crippen LogP contribution in [0, 0.1) is 13.8 Å². The highest BCUT2D eigenvalue weighted by atomic mass is 14.9. The fourth-order valence-electron chi connectivity index (χ4n) is 2.97. The van der Waals surface area contributed by atoms with Crippen molar-refractivity contribution < 1.29 is 0 Å². The quantitative estimate of drug-likeness (QED) is 0.827. The fourth-order valence-corrected chi connectivity index (χ4v) is 2.97. The molecule has 1 atom stereocenters. The average molecular weight is 279 g/mol. The van der Waals surface area contributed by atoms with Gasteiger partial charge in [0.1, 0.15) is 0 Å². The Kier molecular flexibility index (Phi) is 4.40. The summed E-state index contributed by atoms with van der Waals surface area (Å²) in [6.07, 6.45) is 3.83. The Morgan fingerprint density at radius 3 is 2.48 bits per heavy atom. The van der Waals surface area contributed by atoms with Crippen LogP contribution in [0.4, 0.5) is 0 Å². The van der Waals surface area contributed by atoms with Gasteiger partial charge in [0.25, 0.3) is 0 Å². The van der Waals surface area contributed by atoms with Gasteiger partial charge in [-0.25, -0.2) is 0 Å². The van der Waals surface area contributed by atoms with Crippen molar-refractivity contribution in [1.29, 1.82) is 0 Å². The van der Waals surface area contributed by atoms with Crippen LogP contribution in [-0.4, -0.2) is 12.6 Å². The summed E-state index contributed by atoms with van der Waals surface area (Å²) in [5, 5.41) is 3.71.